The minimum absolute atomic E-state index is 0.149. The fourth-order valence-corrected chi connectivity index (χ4v) is 2.43. The van der Waals surface area contributed by atoms with E-state index in [0.717, 1.165) is 0 Å². The number of thiazole rings is 1. The summed E-state index contributed by atoms with van der Waals surface area (Å²) in [5.74, 6) is -0.149. The molecule has 0 spiro atoms. The molecule has 1 fully saturated rings. The van der Waals surface area contributed by atoms with Crippen molar-refractivity contribution in [3.05, 3.63) is 16.6 Å². The second-order valence-electron chi connectivity index (χ2n) is 4.05. The number of piperazine rings is 1. The molecule has 0 N–H and O–H groups in total. The van der Waals surface area contributed by atoms with Gasteiger partial charge in [0.15, 0.2) is 0 Å². The van der Waals surface area contributed by atoms with E-state index in [4.69, 9.17) is 0 Å². The van der Waals surface area contributed by atoms with Crippen molar-refractivity contribution in [1.29, 1.82) is 0 Å². The molecule has 2 rings (SSSR count). The van der Waals surface area contributed by atoms with Crippen molar-refractivity contribution < 1.29 is 18.0 Å². The van der Waals surface area contributed by atoms with Gasteiger partial charge in [-0.25, -0.2) is 0 Å². The largest absolute Gasteiger partial charge is 0.401 e. The van der Waals surface area contributed by atoms with Crippen molar-refractivity contribution in [2.75, 3.05) is 32.7 Å². The number of aromatic nitrogens is 1. The van der Waals surface area contributed by atoms with Crippen LogP contribution in [0.2, 0.25) is 0 Å². The van der Waals surface area contributed by atoms with Gasteiger partial charge in [0.2, 0.25) is 0 Å². The Morgan fingerprint density at radius 2 is 2.00 bits per heavy atom. The van der Waals surface area contributed by atoms with Crippen molar-refractivity contribution in [2.24, 2.45) is 0 Å². The van der Waals surface area contributed by atoms with Crippen molar-refractivity contribution in [3.63, 3.8) is 0 Å². The van der Waals surface area contributed by atoms with Crippen LogP contribution < -0.4 is 0 Å². The van der Waals surface area contributed by atoms with Crippen LogP contribution in [0.5, 0.6) is 0 Å². The topological polar surface area (TPSA) is 36.4 Å². The van der Waals surface area contributed by atoms with Crippen LogP contribution in [0, 0.1) is 0 Å². The zero-order chi connectivity index (χ0) is 13.2. The number of hydrogen-bond donors (Lipinski definition) is 0. The Morgan fingerprint density at radius 1 is 1.33 bits per heavy atom. The van der Waals surface area contributed by atoms with Gasteiger partial charge in [-0.15, -0.1) is 11.3 Å². The molecule has 2 heterocycles. The monoisotopic (exact) mass is 279 g/mol. The first-order chi connectivity index (χ1) is 8.46. The summed E-state index contributed by atoms with van der Waals surface area (Å²) in [7, 11) is 0. The number of carbonyl (C=O) groups is 1. The Bertz CT molecular complexity index is 399. The highest BCUT2D eigenvalue weighted by atomic mass is 32.1. The molecule has 1 aliphatic heterocycles. The van der Waals surface area contributed by atoms with Gasteiger partial charge in [0.05, 0.1) is 18.3 Å². The number of rotatable bonds is 2. The normalized spacial score (nSPS) is 18.1. The first kappa shape index (κ1) is 13.3. The molecule has 1 aromatic rings. The van der Waals surface area contributed by atoms with Gasteiger partial charge in [-0.1, -0.05) is 0 Å². The lowest BCUT2D eigenvalue weighted by molar-refractivity contribution is -0.148. The SMILES string of the molecule is O=C(c1cncs1)N1CCN(CC(F)(F)F)CC1. The number of amides is 1. The fourth-order valence-electron chi connectivity index (χ4n) is 1.84. The second kappa shape index (κ2) is 5.23. The van der Waals surface area contributed by atoms with Gasteiger partial charge >= 0.3 is 6.18 Å². The highest BCUT2D eigenvalue weighted by Crippen LogP contribution is 2.18. The molecule has 0 radical (unpaired) electrons. The summed E-state index contributed by atoms with van der Waals surface area (Å²) in [5, 5.41) is 0. The maximum Gasteiger partial charge on any atom is 0.401 e. The second-order valence-corrected chi connectivity index (χ2v) is 4.94. The quantitative estimate of drug-likeness (QED) is 0.822. The fraction of sp³-hybridized carbons (Fsp3) is 0.600. The molecule has 0 atom stereocenters. The number of halogens is 3. The lowest BCUT2D eigenvalue weighted by Gasteiger charge is -2.34. The number of carbonyl (C=O) groups excluding carboxylic acids is 1. The molecule has 1 aromatic heterocycles. The third-order valence-electron chi connectivity index (χ3n) is 2.71. The van der Waals surface area contributed by atoms with Crippen LogP contribution >= 0.6 is 11.3 Å². The maximum absolute atomic E-state index is 12.2. The first-order valence-corrected chi connectivity index (χ1v) is 6.30. The van der Waals surface area contributed by atoms with E-state index in [1.165, 1.54) is 22.4 Å². The molecule has 4 nitrogen and oxygen atoms in total. The summed E-state index contributed by atoms with van der Waals surface area (Å²) < 4.78 is 36.6. The molecule has 0 aromatic carbocycles. The molecule has 100 valence electrons. The molecule has 1 saturated heterocycles. The van der Waals surface area contributed by atoms with Gasteiger partial charge in [-0.05, 0) is 0 Å². The van der Waals surface area contributed by atoms with Crippen LogP contribution in [-0.2, 0) is 0 Å². The van der Waals surface area contributed by atoms with Crippen LogP contribution in [0.15, 0.2) is 11.7 Å². The van der Waals surface area contributed by atoms with E-state index in [1.807, 2.05) is 0 Å². The zero-order valence-electron chi connectivity index (χ0n) is 9.48. The Labute approximate surface area is 106 Å². The van der Waals surface area contributed by atoms with E-state index in [0.29, 0.717) is 18.0 Å². The lowest BCUT2D eigenvalue weighted by Crippen LogP contribution is -2.50. The van der Waals surface area contributed by atoms with Gasteiger partial charge < -0.3 is 4.90 Å². The summed E-state index contributed by atoms with van der Waals surface area (Å²) in [6, 6.07) is 0. The predicted octanol–water partition coefficient (Wildman–Crippen LogP) is 1.46. The third-order valence-corrected chi connectivity index (χ3v) is 3.47. The summed E-state index contributed by atoms with van der Waals surface area (Å²) in [4.78, 5) is 19.1. The van der Waals surface area contributed by atoms with Gasteiger partial charge in [-0.2, -0.15) is 13.2 Å². The highest BCUT2D eigenvalue weighted by molar-refractivity contribution is 7.11. The summed E-state index contributed by atoms with van der Waals surface area (Å²) in [5.41, 5.74) is 1.56. The van der Waals surface area contributed by atoms with Crippen LogP contribution in [0.4, 0.5) is 13.2 Å². The van der Waals surface area contributed by atoms with E-state index in [1.54, 1.807) is 10.4 Å². The van der Waals surface area contributed by atoms with Crippen LogP contribution in [0.25, 0.3) is 0 Å². The first-order valence-electron chi connectivity index (χ1n) is 5.42. The van der Waals surface area contributed by atoms with Crippen molar-refractivity contribution in [2.45, 2.75) is 6.18 Å². The molecular formula is C10H12F3N3OS. The summed E-state index contributed by atoms with van der Waals surface area (Å²) in [6.45, 7) is 0.253. The maximum atomic E-state index is 12.2. The predicted molar refractivity (Wildman–Crippen MR) is 60.5 cm³/mol. The highest BCUT2D eigenvalue weighted by Gasteiger charge is 2.33. The van der Waals surface area contributed by atoms with Crippen molar-refractivity contribution in [3.8, 4) is 0 Å². The molecule has 0 saturated carbocycles. The van der Waals surface area contributed by atoms with Crippen LogP contribution in [0.1, 0.15) is 9.67 Å². The Hall–Kier alpha value is -1.15. The van der Waals surface area contributed by atoms with Crippen molar-refractivity contribution in [1.82, 2.24) is 14.8 Å². The molecule has 0 bridgehead atoms. The van der Waals surface area contributed by atoms with Crippen molar-refractivity contribution >= 4 is 17.2 Å². The number of nitrogens with zero attached hydrogens (tertiary/aromatic N) is 3. The molecule has 0 unspecified atom stereocenters. The number of hydrogen-bond acceptors (Lipinski definition) is 4. The lowest BCUT2D eigenvalue weighted by atomic mass is 10.3. The summed E-state index contributed by atoms with van der Waals surface area (Å²) in [6.07, 6.45) is -2.70. The van der Waals surface area contributed by atoms with E-state index < -0.39 is 12.7 Å². The van der Waals surface area contributed by atoms with Crippen LogP contribution in [-0.4, -0.2) is 59.6 Å². The molecule has 0 aliphatic carbocycles. The minimum atomic E-state index is -4.18. The Kier molecular flexibility index (Phi) is 3.86. The smallest absolute Gasteiger partial charge is 0.335 e. The van der Waals surface area contributed by atoms with Gasteiger partial charge in [0.25, 0.3) is 5.91 Å². The van der Waals surface area contributed by atoms with E-state index >= 15 is 0 Å². The Balaban J connectivity index is 1.85. The van der Waals surface area contributed by atoms with E-state index in [-0.39, 0.29) is 19.0 Å². The van der Waals surface area contributed by atoms with E-state index in [9.17, 15) is 18.0 Å². The minimum Gasteiger partial charge on any atom is -0.335 e. The summed E-state index contributed by atoms with van der Waals surface area (Å²) >= 11 is 1.24. The third kappa shape index (κ3) is 3.42. The number of alkyl halides is 3. The average Bonchev–Trinajstić information content (AvgIpc) is 2.80. The molecule has 1 amide bonds. The molecule has 8 heteroatoms. The standard InChI is InChI=1S/C10H12F3N3OS/c11-10(12,13)6-15-1-3-16(4-2-15)9(17)8-5-14-7-18-8/h5,7H,1-4,6H2. The molecule has 18 heavy (non-hydrogen) atoms. The van der Waals surface area contributed by atoms with Crippen LogP contribution in [0.3, 0.4) is 0 Å². The molecule has 1 aliphatic rings. The zero-order valence-corrected chi connectivity index (χ0v) is 10.3. The van der Waals surface area contributed by atoms with Gasteiger partial charge in [-0.3, -0.25) is 14.7 Å². The van der Waals surface area contributed by atoms with Gasteiger partial charge in [0.1, 0.15) is 4.88 Å². The Morgan fingerprint density at radius 3 is 2.50 bits per heavy atom. The molecular weight excluding hydrogens is 267 g/mol. The van der Waals surface area contributed by atoms with E-state index in [2.05, 4.69) is 4.98 Å². The average molecular weight is 279 g/mol. The van der Waals surface area contributed by atoms with Gasteiger partial charge in [0, 0.05) is 26.2 Å².